The van der Waals surface area contributed by atoms with Gasteiger partial charge in [-0.3, -0.25) is 14.2 Å². The van der Waals surface area contributed by atoms with Crippen LogP contribution in [0.5, 0.6) is 0 Å². The number of carbonyl (C=O) groups is 1. The monoisotopic (exact) mass is 263 g/mol. The molecule has 0 aliphatic carbocycles. The van der Waals surface area contributed by atoms with Crippen LogP contribution in [0.15, 0.2) is 35.5 Å². The van der Waals surface area contributed by atoms with E-state index in [4.69, 9.17) is 0 Å². The first kappa shape index (κ1) is 11.0. The molecule has 1 aliphatic heterocycles. The van der Waals surface area contributed by atoms with Gasteiger partial charge in [0.05, 0.1) is 17.4 Å². The van der Waals surface area contributed by atoms with Crippen molar-refractivity contribution in [2.24, 2.45) is 0 Å². The second-order valence-corrected chi connectivity index (χ2v) is 5.84. The smallest absolute Gasteiger partial charge is 0.281 e. The van der Waals surface area contributed by atoms with Gasteiger partial charge in [-0.05, 0) is 12.1 Å². The third kappa shape index (κ3) is 1.25. The molecule has 7 heteroatoms. The number of fused-ring (bicyclic) bond motifs is 2. The van der Waals surface area contributed by atoms with Crippen molar-refractivity contribution >= 4 is 21.5 Å². The van der Waals surface area contributed by atoms with Crippen molar-refractivity contribution < 1.29 is 13.2 Å². The fourth-order valence-corrected chi connectivity index (χ4v) is 3.27. The van der Waals surface area contributed by atoms with Gasteiger partial charge in [-0.15, -0.1) is 0 Å². The molecule has 0 spiro atoms. The normalized spacial score (nSPS) is 16.9. The van der Waals surface area contributed by atoms with E-state index in [1.54, 1.807) is 24.3 Å². The van der Waals surface area contributed by atoms with Gasteiger partial charge in [-0.1, -0.05) is 12.1 Å². The van der Waals surface area contributed by atoms with Gasteiger partial charge in [0.1, 0.15) is 0 Å². The summed E-state index contributed by atoms with van der Waals surface area (Å²) < 4.78 is 25.7. The number of rotatable bonds is 0. The number of carbonyl (C=O) groups excluding carboxylic acids is 1. The van der Waals surface area contributed by atoms with Crippen LogP contribution in [0.3, 0.4) is 0 Å². The van der Waals surface area contributed by atoms with Crippen molar-refractivity contribution in [2.75, 3.05) is 11.4 Å². The first-order chi connectivity index (χ1) is 8.53. The number of nitrogens with zero attached hydrogens (tertiary/aromatic N) is 2. The average Bonchev–Trinajstić information content (AvgIpc) is 2.84. The lowest BCUT2D eigenvalue weighted by atomic mass is 10.0. The van der Waals surface area contributed by atoms with Crippen LogP contribution in [0, 0.1) is 0 Å². The fourth-order valence-electron chi connectivity index (χ4n) is 1.98. The number of para-hydroxylation sites is 1. The topological polar surface area (TPSA) is 83.1 Å². The maximum Gasteiger partial charge on any atom is 0.281 e. The molecule has 0 saturated heterocycles. The molecule has 0 fully saturated rings. The van der Waals surface area contributed by atoms with Gasteiger partial charge in [-0.25, -0.2) is 0 Å². The van der Waals surface area contributed by atoms with E-state index in [1.165, 1.54) is 13.2 Å². The molecule has 6 nitrogen and oxygen atoms in total. The standard InChI is InChI=1S/C11H9N3O3S/c1-14-9-5-3-2-4-7(9)10(15)8-6-12-13-11(8)18(14,16)17/h2-6H,1H3,(H,12,13). The maximum atomic E-state index is 12.3. The third-order valence-corrected chi connectivity index (χ3v) is 4.70. The van der Waals surface area contributed by atoms with Crippen LogP contribution in [-0.4, -0.2) is 31.4 Å². The Morgan fingerprint density at radius 1 is 1.22 bits per heavy atom. The van der Waals surface area contributed by atoms with Gasteiger partial charge in [0, 0.05) is 12.6 Å². The molecule has 2 heterocycles. The molecule has 1 aromatic carbocycles. The van der Waals surface area contributed by atoms with Crippen LogP contribution in [0.2, 0.25) is 0 Å². The number of anilines is 1. The summed E-state index contributed by atoms with van der Waals surface area (Å²) in [5.74, 6) is -0.345. The number of ketones is 1. The highest BCUT2D eigenvalue weighted by Crippen LogP contribution is 2.32. The Bertz CT molecular complexity index is 748. The molecule has 1 aliphatic rings. The number of aromatic nitrogens is 2. The van der Waals surface area contributed by atoms with Crippen molar-refractivity contribution in [1.29, 1.82) is 0 Å². The van der Waals surface area contributed by atoms with Crippen LogP contribution in [-0.2, 0) is 10.0 Å². The van der Waals surface area contributed by atoms with E-state index in [0.717, 1.165) is 4.31 Å². The molecule has 3 rings (SSSR count). The highest BCUT2D eigenvalue weighted by atomic mass is 32.2. The zero-order chi connectivity index (χ0) is 12.9. The van der Waals surface area contributed by atoms with Crippen molar-refractivity contribution in [3.05, 3.63) is 41.6 Å². The van der Waals surface area contributed by atoms with Crippen LogP contribution in [0.25, 0.3) is 0 Å². The molecule has 0 radical (unpaired) electrons. The number of hydrogen-bond acceptors (Lipinski definition) is 4. The van der Waals surface area contributed by atoms with Gasteiger partial charge in [0.25, 0.3) is 10.0 Å². The molecule has 2 aromatic rings. The zero-order valence-electron chi connectivity index (χ0n) is 9.41. The highest BCUT2D eigenvalue weighted by Gasteiger charge is 2.35. The van der Waals surface area contributed by atoms with Gasteiger partial charge < -0.3 is 0 Å². The van der Waals surface area contributed by atoms with E-state index in [-0.39, 0.29) is 16.4 Å². The summed E-state index contributed by atoms with van der Waals surface area (Å²) in [6.45, 7) is 0. The van der Waals surface area contributed by atoms with E-state index in [9.17, 15) is 13.2 Å². The van der Waals surface area contributed by atoms with Crippen molar-refractivity contribution in [3.63, 3.8) is 0 Å². The highest BCUT2D eigenvalue weighted by molar-refractivity contribution is 7.92. The van der Waals surface area contributed by atoms with Crippen LogP contribution < -0.4 is 4.31 Å². The predicted octanol–water partition coefficient (Wildman–Crippen LogP) is 0.779. The van der Waals surface area contributed by atoms with Crippen molar-refractivity contribution in [2.45, 2.75) is 5.03 Å². The number of aromatic amines is 1. The molecule has 0 saturated carbocycles. The Morgan fingerprint density at radius 2 is 1.94 bits per heavy atom. The van der Waals surface area contributed by atoms with E-state index >= 15 is 0 Å². The summed E-state index contributed by atoms with van der Waals surface area (Å²) in [5.41, 5.74) is 0.794. The second-order valence-electron chi connectivity index (χ2n) is 3.93. The molecular weight excluding hydrogens is 254 g/mol. The SMILES string of the molecule is CN1c2ccccc2C(=O)c2cn[nH]c2S1(=O)=O. The molecule has 1 N–H and O–H groups in total. The number of nitrogens with one attached hydrogen (secondary N) is 1. The Hall–Kier alpha value is -2.15. The summed E-state index contributed by atoms with van der Waals surface area (Å²) in [4.78, 5) is 12.3. The molecule has 0 atom stereocenters. The third-order valence-electron chi connectivity index (χ3n) is 2.96. The van der Waals surface area contributed by atoms with Gasteiger partial charge in [0.15, 0.2) is 10.8 Å². The summed E-state index contributed by atoms with van der Waals surface area (Å²) in [7, 11) is -2.35. The lowest BCUT2D eigenvalue weighted by Crippen LogP contribution is -2.26. The Morgan fingerprint density at radius 3 is 2.72 bits per heavy atom. The average molecular weight is 263 g/mol. The first-order valence-electron chi connectivity index (χ1n) is 5.19. The number of hydrogen-bond donors (Lipinski definition) is 1. The summed E-state index contributed by atoms with van der Waals surface area (Å²) >= 11 is 0. The molecule has 1 aromatic heterocycles. The number of benzene rings is 1. The Balaban J connectivity index is 2.44. The lowest BCUT2D eigenvalue weighted by Gasteiger charge is -2.17. The molecule has 18 heavy (non-hydrogen) atoms. The van der Waals surface area contributed by atoms with Gasteiger partial charge >= 0.3 is 0 Å². The summed E-state index contributed by atoms with van der Waals surface area (Å²) in [5, 5.41) is 5.87. The fraction of sp³-hybridized carbons (Fsp3) is 0.0909. The maximum absolute atomic E-state index is 12.3. The molecule has 0 bridgehead atoms. The van der Waals surface area contributed by atoms with Crippen LogP contribution >= 0.6 is 0 Å². The quantitative estimate of drug-likeness (QED) is 0.761. The van der Waals surface area contributed by atoms with E-state index in [1.807, 2.05) is 0 Å². The summed E-state index contributed by atoms with van der Waals surface area (Å²) in [6.07, 6.45) is 1.24. The minimum absolute atomic E-state index is 0.0757. The van der Waals surface area contributed by atoms with Gasteiger partial charge in [0.2, 0.25) is 0 Å². The van der Waals surface area contributed by atoms with Crippen LogP contribution in [0.4, 0.5) is 5.69 Å². The molecular formula is C11H9N3O3S. The second kappa shape index (κ2) is 3.42. The van der Waals surface area contributed by atoms with Gasteiger partial charge in [-0.2, -0.15) is 13.5 Å². The molecule has 92 valence electrons. The lowest BCUT2D eigenvalue weighted by molar-refractivity contribution is 0.103. The van der Waals surface area contributed by atoms with E-state index in [0.29, 0.717) is 11.3 Å². The molecule has 0 amide bonds. The van der Waals surface area contributed by atoms with E-state index in [2.05, 4.69) is 10.2 Å². The first-order valence-corrected chi connectivity index (χ1v) is 6.63. The number of H-pyrrole nitrogens is 1. The van der Waals surface area contributed by atoms with E-state index < -0.39 is 10.0 Å². The largest absolute Gasteiger partial charge is 0.288 e. The molecule has 0 unspecified atom stereocenters. The van der Waals surface area contributed by atoms with Crippen molar-refractivity contribution in [3.8, 4) is 0 Å². The predicted molar refractivity (Wildman–Crippen MR) is 64.1 cm³/mol. The Labute approximate surface area is 103 Å². The zero-order valence-corrected chi connectivity index (χ0v) is 10.2. The summed E-state index contributed by atoms with van der Waals surface area (Å²) in [6, 6.07) is 6.59. The minimum atomic E-state index is -3.77. The Kier molecular flexibility index (Phi) is 2.09. The van der Waals surface area contributed by atoms with Crippen LogP contribution in [0.1, 0.15) is 15.9 Å². The number of sulfonamides is 1. The van der Waals surface area contributed by atoms with Crippen molar-refractivity contribution in [1.82, 2.24) is 10.2 Å². The minimum Gasteiger partial charge on any atom is -0.288 e.